The van der Waals surface area contributed by atoms with Crippen molar-refractivity contribution in [2.24, 2.45) is 46.3 Å². The van der Waals surface area contributed by atoms with Crippen LogP contribution in [0.1, 0.15) is 111 Å². The van der Waals surface area contributed by atoms with Crippen LogP contribution in [0.15, 0.2) is 0 Å². The summed E-state index contributed by atoms with van der Waals surface area (Å²) in [7, 11) is 0. The summed E-state index contributed by atoms with van der Waals surface area (Å²) < 4.78 is 0. The lowest BCUT2D eigenvalue weighted by Crippen LogP contribution is -2.53. The van der Waals surface area contributed by atoms with Crippen LogP contribution in [-0.4, -0.2) is 13.2 Å². The number of hydrogen-bond donors (Lipinski definition) is 0. The fraction of sp³-hybridized carbons (Fsp3) is 1.00. The van der Waals surface area contributed by atoms with E-state index in [0.717, 1.165) is 61.6 Å². The molecule has 4 aliphatic rings. The Labute approximate surface area is 180 Å². The van der Waals surface area contributed by atoms with Gasteiger partial charge in [-0.2, -0.15) is 0 Å². The van der Waals surface area contributed by atoms with E-state index in [0.29, 0.717) is 10.8 Å². The van der Waals surface area contributed by atoms with Gasteiger partial charge in [-0.05, 0) is 117 Å². The SMILES string of the molecule is CCCOOCCC[C@@H](C)C1CCC2[C@@H]3CC[C@@H]4CCCC[C@]4(C)C3CC[C@@]21C. The lowest BCUT2D eigenvalue weighted by Gasteiger charge is -2.61. The van der Waals surface area contributed by atoms with E-state index in [-0.39, 0.29) is 0 Å². The zero-order valence-electron chi connectivity index (χ0n) is 19.9. The van der Waals surface area contributed by atoms with Crippen LogP contribution in [0.2, 0.25) is 0 Å². The van der Waals surface area contributed by atoms with E-state index in [1.807, 2.05) is 0 Å². The van der Waals surface area contributed by atoms with Gasteiger partial charge in [-0.1, -0.05) is 40.5 Å². The third kappa shape index (κ3) is 4.07. The van der Waals surface area contributed by atoms with E-state index in [1.165, 1.54) is 57.8 Å². The quantitative estimate of drug-likeness (QED) is 0.233. The van der Waals surface area contributed by atoms with Crippen molar-refractivity contribution in [2.45, 2.75) is 111 Å². The molecular formula is C27H48O2. The molecule has 2 heteroatoms. The van der Waals surface area contributed by atoms with E-state index >= 15 is 0 Å². The van der Waals surface area contributed by atoms with Gasteiger partial charge in [0.05, 0.1) is 13.2 Å². The zero-order chi connectivity index (χ0) is 20.5. The van der Waals surface area contributed by atoms with Crippen LogP contribution >= 0.6 is 0 Å². The maximum absolute atomic E-state index is 5.35. The monoisotopic (exact) mass is 404 g/mol. The van der Waals surface area contributed by atoms with Crippen molar-refractivity contribution in [1.29, 1.82) is 0 Å². The van der Waals surface area contributed by atoms with Crippen LogP contribution in [-0.2, 0) is 9.78 Å². The molecule has 4 rings (SSSR count). The van der Waals surface area contributed by atoms with Gasteiger partial charge in [-0.3, -0.25) is 0 Å². The largest absolute Gasteiger partial charge is 0.237 e. The summed E-state index contributed by atoms with van der Waals surface area (Å²) >= 11 is 0. The Kier molecular flexibility index (Phi) is 7.01. The lowest BCUT2D eigenvalue weighted by molar-refractivity contribution is -0.295. The first kappa shape index (κ1) is 22.1. The summed E-state index contributed by atoms with van der Waals surface area (Å²) in [5, 5.41) is 0. The second kappa shape index (κ2) is 9.19. The minimum atomic E-state index is 0.609. The normalized spacial score (nSPS) is 45.3. The van der Waals surface area contributed by atoms with Crippen molar-refractivity contribution in [1.82, 2.24) is 0 Å². The van der Waals surface area contributed by atoms with Gasteiger partial charge in [0.2, 0.25) is 0 Å². The Hall–Kier alpha value is -0.0800. The molecule has 0 aromatic carbocycles. The first-order valence-corrected chi connectivity index (χ1v) is 13.2. The molecule has 29 heavy (non-hydrogen) atoms. The summed E-state index contributed by atoms with van der Waals surface area (Å²) in [6, 6.07) is 0. The fourth-order valence-corrected chi connectivity index (χ4v) is 9.14. The number of hydrogen-bond acceptors (Lipinski definition) is 2. The number of rotatable bonds is 8. The van der Waals surface area contributed by atoms with Crippen molar-refractivity contribution < 1.29 is 9.78 Å². The van der Waals surface area contributed by atoms with Gasteiger partial charge in [0.25, 0.3) is 0 Å². The number of fused-ring (bicyclic) bond motifs is 5. The second-order valence-electron chi connectivity index (χ2n) is 11.9. The van der Waals surface area contributed by atoms with Crippen molar-refractivity contribution >= 4 is 0 Å². The predicted molar refractivity (Wildman–Crippen MR) is 120 cm³/mol. The molecule has 3 unspecified atom stereocenters. The molecule has 0 aliphatic heterocycles. The summed E-state index contributed by atoms with van der Waals surface area (Å²) in [5.74, 6) is 5.90. The molecule has 0 N–H and O–H groups in total. The molecule has 8 atom stereocenters. The molecule has 4 fully saturated rings. The minimum absolute atomic E-state index is 0.609. The van der Waals surface area contributed by atoms with Crippen molar-refractivity contribution in [3.63, 3.8) is 0 Å². The molecule has 0 spiro atoms. The molecule has 0 saturated heterocycles. The smallest absolute Gasteiger partial charge is 0.0822 e. The molecular weight excluding hydrogens is 356 g/mol. The average Bonchev–Trinajstić information content (AvgIpc) is 3.07. The van der Waals surface area contributed by atoms with Crippen LogP contribution in [0.5, 0.6) is 0 Å². The topological polar surface area (TPSA) is 18.5 Å². The second-order valence-corrected chi connectivity index (χ2v) is 11.9. The molecule has 0 amide bonds. The molecule has 0 radical (unpaired) electrons. The highest BCUT2D eigenvalue weighted by Crippen LogP contribution is 2.68. The van der Waals surface area contributed by atoms with E-state index in [9.17, 15) is 0 Å². The third-order valence-electron chi connectivity index (χ3n) is 10.6. The van der Waals surface area contributed by atoms with Gasteiger partial charge in [0.15, 0.2) is 0 Å². The fourth-order valence-electron chi connectivity index (χ4n) is 9.14. The third-order valence-corrected chi connectivity index (χ3v) is 10.6. The van der Waals surface area contributed by atoms with Crippen LogP contribution in [0, 0.1) is 46.3 Å². The average molecular weight is 405 g/mol. The lowest BCUT2D eigenvalue weighted by atomic mass is 9.44. The summed E-state index contributed by atoms with van der Waals surface area (Å²) in [6.45, 7) is 11.6. The van der Waals surface area contributed by atoms with Crippen LogP contribution < -0.4 is 0 Å². The molecule has 4 aliphatic carbocycles. The first-order valence-electron chi connectivity index (χ1n) is 13.2. The highest BCUT2D eigenvalue weighted by atomic mass is 17.2. The minimum Gasteiger partial charge on any atom is -0.237 e. The molecule has 0 heterocycles. The van der Waals surface area contributed by atoms with Crippen LogP contribution in [0.25, 0.3) is 0 Å². The van der Waals surface area contributed by atoms with Crippen molar-refractivity contribution in [3.05, 3.63) is 0 Å². The molecule has 0 bridgehead atoms. The van der Waals surface area contributed by atoms with E-state index < -0.39 is 0 Å². The van der Waals surface area contributed by atoms with E-state index in [1.54, 1.807) is 12.8 Å². The standard InChI is InChI=1S/C27H48O2/c1-5-18-28-29-19-8-9-20(2)23-13-14-24-22-12-11-21-10-6-7-16-26(21,3)25(22)15-17-27(23,24)4/h20-25H,5-19H2,1-4H3/t20-,21+,22+,23?,24?,25?,26+,27-/m1/s1. The van der Waals surface area contributed by atoms with E-state index in [2.05, 4.69) is 27.7 Å². The predicted octanol–water partition coefficient (Wildman–Crippen LogP) is 7.81. The van der Waals surface area contributed by atoms with Gasteiger partial charge in [-0.15, -0.1) is 0 Å². The van der Waals surface area contributed by atoms with Gasteiger partial charge in [0, 0.05) is 0 Å². The van der Waals surface area contributed by atoms with Crippen LogP contribution in [0.4, 0.5) is 0 Å². The van der Waals surface area contributed by atoms with Gasteiger partial charge < -0.3 is 0 Å². The molecule has 0 aromatic rings. The molecule has 4 saturated carbocycles. The van der Waals surface area contributed by atoms with Crippen molar-refractivity contribution in [2.75, 3.05) is 13.2 Å². The van der Waals surface area contributed by atoms with E-state index in [4.69, 9.17) is 9.78 Å². The Morgan fingerprint density at radius 2 is 1.62 bits per heavy atom. The summed E-state index contributed by atoms with van der Waals surface area (Å²) in [4.78, 5) is 10.6. The molecule has 0 aromatic heterocycles. The van der Waals surface area contributed by atoms with Gasteiger partial charge >= 0.3 is 0 Å². The first-order chi connectivity index (χ1) is 14.0. The molecule has 168 valence electrons. The Morgan fingerprint density at radius 3 is 2.45 bits per heavy atom. The molecule has 2 nitrogen and oxygen atoms in total. The van der Waals surface area contributed by atoms with Gasteiger partial charge in [-0.25, -0.2) is 9.78 Å². The Morgan fingerprint density at radius 1 is 0.828 bits per heavy atom. The van der Waals surface area contributed by atoms with Crippen LogP contribution in [0.3, 0.4) is 0 Å². The highest BCUT2D eigenvalue weighted by molar-refractivity contribution is 5.09. The Balaban J connectivity index is 1.36. The Bertz CT molecular complexity index is 533. The summed E-state index contributed by atoms with van der Waals surface area (Å²) in [5.41, 5.74) is 1.29. The van der Waals surface area contributed by atoms with Crippen molar-refractivity contribution in [3.8, 4) is 0 Å². The maximum atomic E-state index is 5.35. The van der Waals surface area contributed by atoms with Gasteiger partial charge in [0.1, 0.15) is 0 Å². The summed E-state index contributed by atoms with van der Waals surface area (Å²) in [6.07, 6.45) is 18.7. The zero-order valence-corrected chi connectivity index (χ0v) is 19.9. The highest BCUT2D eigenvalue weighted by Gasteiger charge is 2.59. The maximum Gasteiger partial charge on any atom is 0.0822 e.